The monoisotopic (exact) mass is 222 g/mol. The van der Waals surface area contributed by atoms with Crippen LogP contribution in [0.4, 0.5) is 0 Å². The fourth-order valence-electron chi connectivity index (χ4n) is 2.88. The molecule has 1 aliphatic carbocycles. The summed E-state index contributed by atoms with van der Waals surface area (Å²) in [7, 11) is 1.83. The minimum Gasteiger partial charge on any atom is -0.478 e. The first kappa shape index (κ1) is 11.2. The Bertz CT molecular complexity index is 403. The molecule has 0 saturated heterocycles. The van der Waals surface area contributed by atoms with Crippen LogP contribution in [0.5, 0.6) is 0 Å². The van der Waals surface area contributed by atoms with E-state index in [0.717, 1.165) is 18.5 Å². The molecule has 0 bridgehead atoms. The number of carboxylic acids is 1. The largest absolute Gasteiger partial charge is 0.478 e. The zero-order chi connectivity index (χ0) is 11.8. The van der Waals surface area contributed by atoms with E-state index in [2.05, 4.69) is 12.0 Å². The van der Waals surface area contributed by atoms with Crippen LogP contribution < -0.4 is 0 Å². The molecule has 16 heavy (non-hydrogen) atoms. The lowest BCUT2D eigenvalue weighted by Gasteiger charge is -2.34. The fourth-order valence-corrected chi connectivity index (χ4v) is 2.88. The van der Waals surface area contributed by atoms with Gasteiger partial charge in [-0.25, -0.2) is 4.79 Å². The zero-order valence-electron chi connectivity index (χ0n) is 9.86. The van der Waals surface area contributed by atoms with Crippen LogP contribution in [0.3, 0.4) is 0 Å². The van der Waals surface area contributed by atoms with Crippen molar-refractivity contribution in [2.75, 3.05) is 0 Å². The first-order chi connectivity index (χ1) is 7.54. The van der Waals surface area contributed by atoms with E-state index in [4.69, 9.17) is 0 Å². The highest BCUT2D eigenvalue weighted by atomic mass is 16.4. The van der Waals surface area contributed by atoms with Gasteiger partial charge in [0.25, 0.3) is 0 Å². The number of carboxylic acid groups (broad SMARTS) is 1. The predicted molar refractivity (Wildman–Crippen MR) is 60.6 cm³/mol. The van der Waals surface area contributed by atoms with Gasteiger partial charge in [-0.3, -0.25) is 4.68 Å². The maximum absolute atomic E-state index is 11.2. The molecule has 1 fully saturated rings. The Kier molecular flexibility index (Phi) is 2.74. The quantitative estimate of drug-likeness (QED) is 0.835. The molecule has 1 N–H and O–H groups in total. The third kappa shape index (κ3) is 1.72. The molecular weight excluding hydrogens is 204 g/mol. The maximum atomic E-state index is 11.2. The summed E-state index contributed by atoms with van der Waals surface area (Å²) in [5.74, 6) is -0.866. The van der Waals surface area contributed by atoms with Gasteiger partial charge in [0.15, 0.2) is 0 Å². The summed E-state index contributed by atoms with van der Waals surface area (Å²) in [6.45, 7) is 2.16. The van der Waals surface area contributed by atoms with E-state index < -0.39 is 5.97 Å². The summed E-state index contributed by atoms with van der Waals surface area (Å²) >= 11 is 0. The van der Waals surface area contributed by atoms with Gasteiger partial charge in [0.2, 0.25) is 0 Å². The van der Waals surface area contributed by atoms with Crippen LogP contribution in [0.2, 0.25) is 0 Å². The summed E-state index contributed by atoms with van der Waals surface area (Å²) in [6, 6.07) is 0. The van der Waals surface area contributed by atoms with E-state index in [0.29, 0.717) is 5.56 Å². The molecule has 0 unspecified atom stereocenters. The van der Waals surface area contributed by atoms with Crippen molar-refractivity contribution in [2.24, 2.45) is 7.05 Å². The second kappa shape index (κ2) is 3.92. The highest BCUT2D eigenvalue weighted by Crippen LogP contribution is 2.40. The van der Waals surface area contributed by atoms with Gasteiger partial charge in [-0.15, -0.1) is 0 Å². The van der Waals surface area contributed by atoms with Gasteiger partial charge in [-0.2, -0.15) is 5.10 Å². The van der Waals surface area contributed by atoms with Crippen molar-refractivity contribution < 1.29 is 9.90 Å². The molecule has 1 heterocycles. The SMILES string of the molecule is Cn1ncc(C(=O)O)c1C1(C)CCCCC1. The van der Waals surface area contributed by atoms with Crippen LogP contribution >= 0.6 is 0 Å². The average molecular weight is 222 g/mol. The molecule has 0 atom stereocenters. The van der Waals surface area contributed by atoms with Crippen LogP contribution in [0.25, 0.3) is 0 Å². The number of aromatic nitrogens is 2. The van der Waals surface area contributed by atoms with Crippen molar-refractivity contribution in [3.63, 3.8) is 0 Å². The van der Waals surface area contributed by atoms with Crippen molar-refractivity contribution >= 4 is 5.97 Å². The van der Waals surface area contributed by atoms with Crippen molar-refractivity contribution in [2.45, 2.75) is 44.4 Å². The molecule has 2 rings (SSSR count). The Balaban J connectivity index is 2.45. The van der Waals surface area contributed by atoms with Gasteiger partial charge in [0.05, 0.1) is 11.9 Å². The van der Waals surface area contributed by atoms with E-state index in [9.17, 15) is 9.90 Å². The van der Waals surface area contributed by atoms with Crippen LogP contribution in [0.15, 0.2) is 6.20 Å². The number of nitrogens with zero attached hydrogens (tertiary/aromatic N) is 2. The molecule has 0 radical (unpaired) electrons. The second-order valence-corrected chi connectivity index (χ2v) is 4.96. The summed E-state index contributed by atoms with van der Waals surface area (Å²) in [4.78, 5) is 11.2. The summed E-state index contributed by atoms with van der Waals surface area (Å²) in [5.41, 5.74) is 1.24. The van der Waals surface area contributed by atoms with Gasteiger partial charge in [0, 0.05) is 12.5 Å². The lowest BCUT2D eigenvalue weighted by molar-refractivity contribution is 0.0692. The molecule has 0 amide bonds. The van der Waals surface area contributed by atoms with Crippen molar-refractivity contribution in [3.05, 3.63) is 17.5 Å². The predicted octanol–water partition coefficient (Wildman–Crippen LogP) is 2.34. The Hall–Kier alpha value is -1.32. The topological polar surface area (TPSA) is 55.1 Å². The van der Waals surface area contributed by atoms with Gasteiger partial charge in [-0.1, -0.05) is 26.2 Å². The third-order valence-corrected chi connectivity index (χ3v) is 3.70. The van der Waals surface area contributed by atoms with Gasteiger partial charge >= 0.3 is 5.97 Å². The van der Waals surface area contributed by atoms with E-state index in [-0.39, 0.29) is 5.41 Å². The minimum absolute atomic E-state index is 0.0166. The van der Waals surface area contributed by atoms with E-state index in [1.54, 1.807) is 4.68 Å². The molecule has 0 aromatic carbocycles. The minimum atomic E-state index is -0.866. The van der Waals surface area contributed by atoms with E-state index in [1.165, 1.54) is 25.5 Å². The molecule has 1 aliphatic rings. The van der Waals surface area contributed by atoms with Crippen LogP contribution in [0.1, 0.15) is 55.1 Å². The standard InChI is InChI=1S/C12H18N2O2/c1-12(6-4-3-5-7-12)10-9(11(15)16)8-13-14(10)2/h8H,3-7H2,1-2H3,(H,15,16). The summed E-state index contributed by atoms with van der Waals surface area (Å²) in [6.07, 6.45) is 7.22. The summed E-state index contributed by atoms with van der Waals surface area (Å²) < 4.78 is 1.73. The average Bonchev–Trinajstić information content (AvgIpc) is 2.62. The van der Waals surface area contributed by atoms with Crippen molar-refractivity contribution in [1.29, 1.82) is 0 Å². The Morgan fingerprint density at radius 2 is 2.06 bits per heavy atom. The molecule has 88 valence electrons. The number of hydrogen-bond acceptors (Lipinski definition) is 2. The molecule has 4 heteroatoms. The molecule has 4 nitrogen and oxygen atoms in total. The lowest BCUT2D eigenvalue weighted by atomic mass is 9.72. The molecule has 1 aromatic heterocycles. The lowest BCUT2D eigenvalue weighted by Crippen LogP contribution is -2.29. The number of aryl methyl sites for hydroxylation is 1. The molecule has 0 aliphatic heterocycles. The highest BCUT2D eigenvalue weighted by Gasteiger charge is 2.35. The van der Waals surface area contributed by atoms with Crippen molar-refractivity contribution in [3.8, 4) is 0 Å². The fraction of sp³-hybridized carbons (Fsp3) is 0.667. The van der Waals surface area contributed by atoms with Crippen LogP contribution in [-0.4, -0.2) is 20.9 Å². The zero-order valence-corrected chi connectivity index (χ0v) is 9.86. The molecule has 1 aromatic rings. The third-order valence-electron chi connectivity index (χ3n) is 3.70. The van der Waals surface area contributed by atoms with Crippen molar-refractivity contribution in [1.82, 2.24) is 9.78 Å². The molecule has 0 spiro atoms. The first-order valence-corrected chi connectivity index (χ1v) is 5.80. The number of rotatable bonds is 2. The summed E-state index contributed by atoms with van der Waals surface area (Å²) in [5, 5.41) is 13.3. The highest BCUT2D eigenvalue weighted by molar-refractivity contribution is 5.89. The number of carbonyl (C=O) groups is 1. The van der Waals surface area contributed by atoms with Gasteiger partial charge in [-0.05, 0) is 12.8 Å². The normalized spacial score (nSPS) is 19.6. The Morgan fingerprint density at radius 1 is 1.44 bits per heavy atom. The van der Waals surface area contributed by atoms with Crippen LogP contribution in [-0.2, 0) is 12.5 Å². The molecular formula is C12H18N2O2. The smallest absolute Gasteiger partial charge is 0.339 e. The first-order valence-electron chi connectivity index (χ1n) is 5.80. The van der Waals surface area contributed by atoms with E-state index >= 15 is 0 Å². The van der Waals surface area contributed by atoms with Gasteiger partial charge < -0.3 is 5.11 Å². The van der Waals surface area contributed by atoms with E-state index in [1.807, 2.05) is 7.05 Å². The second-order valence-electron chi connectivity index (χ2n) is 4.96. The van der Waals surface area contributed by atoms with Crippen LogP contribution in [0, 0.1) is 0 Å². The molecule has 1 saturated carbocycles. The number of hydrogen-bond donors (Lipinski definition) is 1. The Morgan fingerprint density at radius 3 is 2.62 bits per heavy atom. The number of aromatic carboxylic acids is 1. The van der Waals surface area contributed by atoms with Gasteiger partial charge in [0.1, 0.15) is 5.56 Å². The Labute approximate surface area is 95.3 Å². The maximum Gasteiger partial charge on any atom is 0.339 e.